The summed E-state index contributed by atoms with van der Waals surface area (Å²) in [6, 6.07) is 11.4. The van der Waals surface area contributed by atoms with E-state index in [0.29, 0.717) is 37.6 Å². The Hall–Kier alpha value is -3.03. The van der Waals surface area contributed by atoms with E-state index < -0.39 is 5.97 Å². The van der Waals surface area contributed by atoms with Crippen molar-refractivity contribution < 1.29 is 14.3 Å². The number of fused-ring (bicyclic) bond motifs is 4. The van der Waals surface area contributed by atoms with E-state index in [2.05, 4.69) is 0 Å². The summed E-state index contributed by atoms with van der Waals surface area (Å²) >= 11 is 2.74. The monoisotopic (exact) mass is 406 g/mol. The van der Waals surface area contributed by atoms with Gasteiger partial charge in [0, 0.05) is 27.0 Å². The van der Waals surface area contributed by atoms with Gasteiger partial charge in [-0.1, -0.05) is 30.3 Å². The average Bonchev–Trinajstić information content (AvgIpc) is 3.40. The molecule has 0 radical (unpaired) electrons. The topological polar surface area (TPSA) is 82.3 Å². The molecule has 5 nitrogen and oxygen atoms in total. The molecule has 2 N–H and O–H groups in total. The standard InChI is InChI=1S/C21H14N2O3S2/c1-2-26-21(25)19-16(22)14-13(12-8-5-9-27-12)15-17(23-20(14)28-19)10-6-3-4-7-11(10)18(15)24/h3-9H,2,22H2,1H3. The molecule has 0 bridgehead atoms. The van der Waals surface area contributed by atoms with Gasteiger partial charge in [0.15, 0.2) is 5.78 Å². The van der Waals surface area contributed by atoms with Crippen molar-refractivity contribution in [2.45, 2.75) is 6.92 Å². The van der Waals surface area contributed by atoms with E-state index in [0.717, 1.165) is 16.0 Å². The molecule has 1 aliphatic carbocycles. The summed E-state index contributed by atoms with van der Waals surface area (Å²) in [5.74, 6) is -0.529. The van der Waals surface area contributed by atoms with Crippen LogP contribution in [0.1, 0.15) is 32.5 Å². The highest BCUT2D eigenvalue weighted by Crippen LogP contribution is 2.48. The minimum atomic E-state index is -0.466. The van der Waals surface area contributed by atoms with Gasteiger partial charge in [-0.3, -0.25) is 4.79 Å². The number of anilines is 1. The first kappa shape index (κ1) is 17.1. The van der Waals surface area contributed by atoms with Gasteiger partial charge >= 0.3 is 5.97 Å². The summed E-state index contributed by atoms with van der Waals surface area (Å²) < 4.78 is 5.15. The van der Waals surface area contributed by atoms with E-state index in [1.165, 1.54) is 22.7 Å². The molecule has 138 valence electrons. The number of ketones is 1. The predicted molar refractivity (Wildman–Crippen MR) is 112 cm³/mol. The van der Waals surface area contributed by atoms with E-state index in [1.54, 1.807) is 6.92 Å². The van der Waals surface area contributed by atoms with Crippen LogP contribution in [-0.4, -0.2) is 23.3 Å². The Morgan fingerprint density at radius 2 is 1.93 bits per heavy atom. The van der Waals surface area contributed by atoms with Gasteiger partial charge in [-0.2, -0.15) is 0 Å². The van der Waals surface area contributed by atoms with Crippen LogP contribution in [0.3, 0.4) is 0 Å². The van der Waals surface area contributed by atoms with Crippen LogP contribution in [0.15, 0.2) is 41.8 Å². The largest absolute Gasteiger partial charge is 0.462 e. The highest BCUT2D eigenvalue weighted by molar-refractivity contribution is 7.21. The van der Waals surface area contributed by atoms with Crippen LogP contribution in [-0.2, 0) is 4.74 Å². The van der Waals surface area contributed by atoms with Crippen molar-refractivity contribution in [3.63, 3.8) is 0 Å². The number of nitrogen functional groups attached to an aromatic ring is 1. The van der Waals surface area contributed by atoms with Crippen LogP contribution < -0.4 is 5.73 Å². The third kappa shape index (κ3) is 2.26. The van der Waals surface area contributed by atoms with Crippen molar-refractivity contribution in [3.8, 4) is 21.7 Å². The number of nitrogens with zero attached hydrogens (tertiary/aromatic N) is 1. The van der Waals surface area contributed by atoms with Crippen LogP contribution >= 0.6 is 22.7 Å². The number of carbonyl (C=O) groups excluding carboxylic acids is 2. The lowest BCUT2D eigenvalue weighted by molar-refractivity contribution is 0.0533. The van der Waals surface area contributed by atoms with Crippen molar-refractivity contribution in [1.82, 2.24) is 4.98 Å². The molecular formula is C21H14N2O3S2. The van der Waals surface area contributed by atoms with E-state index in [-0.39, 0.29) is 12.4 Å². The minimum Gasteiger partial charge on any atom is -0.462 e. The SMILES string of the molecule is CCOC(=O)c1sc2nc3c(c(-c4cccs4)c2c1N)C(=O)c1ccccc1-3. The first-order chi connectivity index (χ1) is 13.6. The molecule has 3 aromatic heterocycles. The fourth-order valence-electron chi connectivity index (χ4n) is 3.61. The van der Waals surface area contributed by atoms with E-state index in [4.69, 9.17) is 15.5 Å². The molecule has 1 aromatic carbocycles. The summed E-state index contributed by atoms with van der Waals surface area (Å²) in [5, 5.41) is 2.60. The fraction of sp³-hybridized carbons (Fsp3) is 0.0952. The number of rotatable bonds is 3. The molecule has 0 fully saturated rings. The number of hydrogen-bond donors (Lipinski definition) is 1. The number of thiophene rings is 2. The van der Waals surface area contributed by atoms with Gasteiger partial charge in [-0.15, -0.1) is 22.7 Å². The molecule has 0 aliphatic heterocycles. The molecule has 4 aromatic rings. The maximum absolute atomic E-state index is 13.2. The summed E-state index contributed by atoms with van der Waals surface area (Å²) in [6.07, 6.45) is 0. The number of benzene rings is 1. The van der Waals surface area contributed by atoms with Gasteiger partial charge in [0.2, 0.25) is 0 Å². The Kier molecular flexibility index (Phi) is 3.82. The maximum atomic E-state index is 13.2. The van der Waals surface area contributed by atoms with Crippen molar-refractivity contribution in [2.75, 3.05) is 12.3 Å². The molecule has 3 heterocycles. The van der Waals surface area contributed by atoms with Crippen molar-refractivity contribution in [3.05, 3.63) is 57.8 Å². The first-order valence-electron chi connectivity index (χ1n) is 8.72. The number of nitrogens with two attached hydrogens (primary N) is 1. The van der Waals surface area contributed by atoms with Crippen molar-refractivity contribution in [2.24, 2.45) is 0 Å². The van der Waals surface area contributed by atoms with Crippen LogP contribution in [0.2, 0.25) is 0 Å². The third-order valence-corrected chi connectivity index (χ3v) is 6.73. The third-order valence-electron chi connectivity index (χ3n) is 4.76. The Bertz CT molecular complexity index is 1270. The molecule has 0 spiro atoms. The normalized spacial score (nSPS) is 12.2. The van der Waals surface area contributed by atoms with Crippen LogP contribution in [0.25, 0.3) is 31.9 Å². The van der Waals surface area contributed by atoms with E-state index >= 15 is 0 Å². The number of carbonyl (C=O) groups is 2. The summed E-state index contributed by atoms with van der Waals surface area (Å²) in [4.78, 5) is 32.2. The van der Waals surface area contributed by atoms with Crippen molar-refractivity contribution in [1.29, 1.82) is 0 Å². The van der Waals surface area contributed by atoms with Gasteiger partial charge < -0.3 is 10.5 Å². The molecule has 5 rings (SSSR count). The fourth-order valence-corrected chi connectivity index (χ4v) is 5.39. The van der Waals surface area contributed by atoms with E-state index in [1.807, 2.05) is 41.8 Å². The second-order valence-electron chi connectivity index (χ2n) is 6.31. The number of hydrogen-bond acceptors (Lipinski definition) is 7. The molecular weight excluding hydrogens is 392 g/mol. The Morgan fingerprint density at radius 1 is 1.14 bits per heavy atom. The summed E-state index contributed by atoms with van der Waals surface area (Å²) in [5.41, 5.74) is 10.1. The zero-order chi connectivity index (χ0) is 19.4. The molecule has 0 saturated heterocycles. The Balaban J connectivity index is 1.90. The average molecular weight is 406 g/mol. The summed E-state index contributed by atoms with van der Waals surface area (Å²) in [6.45, 7) is 2.01. The zero-order valence-electron chi connectivity index (χ0n) is 14.8. The van der Waals surface area contributed by atoms with E-state index in [9.17, 15) is 9.59 Å². The second-order valence-corrected chi connectivity index (χ2v) is 8.25. The van der Waals surface area contributed by atoms with Gasteiger partial charge in [0.25, 0.3) is 0 Å². The van der Waals surface area contributed by atoms with Crippen LogP contribution in [0.4, 0.5) is 5.69 Å². The summed E-state index contributed by atoms with van der Waals surface area (Å²) in [7, 11) is 0. The molecule has 7 heteroatoms. The highest BCUT2D eigenvalue weighted by atomic mass is 32.1. The number of aromatic nitrogens is 1. The van der Waals surface area contributed by atoms with Gasteiger partial charge in [0.05, 0.1) is 23.6 Å². The first-order valence-corrected chi connectivity index (χ1v) is 10.4. The highest BCUT2D eigenvalue weighted by Gasteiger charge is 2.34. The van der Waals surface area contributed by atoms with Crippen molar-refractivity contribution >= 4 is 50.3 Å². The molecule has 28 heavy (non-hydrogen) atoms. The molecule has 1 aliphatic rings. The van der Waals surface area contributed by atoms with Gasteiger partial charge in [0.1, 0.15) is 9.71 Å². The lowest BCUT2D eigenvalue weighted by Crippen LogP contribution is -2.05. The van der Waals surface area contributed by atoms with Crippen LogP contribution in [0, 0.1) is 0 Å². The lowest BCUT2D eigenvalue weighted by Gasteiger charge is -2.09. The zero-order valence-corrected chi connectivity index (χ0v) is 16.4. The lowest BCUT2D eigenvalue weighted by atomic mass is 9.99. The number of ether oxygens (including phenoxy) is 1. The molecule has 0 atom stereocenters. The molecule has 0 unspecified atom stereocenters. The molecule has 0 saturated carbocycles. The minimum absolute atomic E-state index is 0.0633. The quantitative estimate of drug-likeness (QED) is 0.427. The smallest absolute Gasteiger partial charge is 0.350 e. The number of esters is 1. The maximum Gasteiger partial charge on any atom is 0.350 e. The van der Waals surface area contributed by atoms with Gasteiger partial charge in [-0.25, -0.2) is 9.78 Å². The Morgan fingerprint density at radius 3 is 2.64 bits per heavy atom. The predicted octanol–water partition coefficient (Wildman–Crippen LogP) is 5.00. The molecule has 0 amide bonds. The number of pyridine rings is 1. The Labute approximate surface area is 168 Å². The van der Waals surface area contributed by atoms with Crippen LogP contribution in [0.5, 0.6) is 0 Å². The second kappa shape index (κ2) is 6.25. The van der Waals surface area contributed by atoms with Gasteiger partial charge in [-0.05, 0) is 18.4 Å².